The van der Waals surface area contributed by atoms with E-state index >= 15 is 0 Å². The molecule has 7 heteroatoms. The number of nitrogens with one attached hydrogen (secondary N) is 1. The van der Waals surface area contributed by atoms with Gasteiger partial charge in [0, 0.05) is 25.0 Å². The molecule has 0 bridgehead atoms. The van der Waals surface area contributed by atoms with Crippen molar-refractivity contribution in [2.75, 3.05) is 0 Å². The van der Waals surface area contributed by atoms with Crippen LogP contribution in [0.3, 0.4) is 0 Å². The number of hydrogen-bond acceptors (Lipinski definition) is 4. The van der Waals surface area contributed by atoms with Crippen LogP contribution in [0.5, 0.6) is 0 Å². The van der Waals surface area contributed by atoms with E-state index in [0.29, 0.717) is 18.7 Å². The summed E-state index contributed by atoms with van der Waals surface area (Å²) in [5.74, 6) is 0. The number of aromatic nitrogens is 3. The Labute approximate surface area is 125 Å². The van der Waals surface area contributed by atoms with E-state index in [9.17, 15) is 8.42 Å². The van der Waals surface area contributed by atoms with Crippen LogP contribution in [0.15, 0.2) is 35.6 Å². The number of pyridine rings is 1. The first-order chi connectivity index (χ1) is 9.97. The summed E-state index contributed by atoms with van der Waals surface area (Å²) in [7, 11) is -3.62. The summed E-state index contributed by atoms with van der Waals surface area (Å²) in [6.45, 7) is 6.09. The van der Waals surface area contributed by atoms with Crippen LogP contribution >= 0.6 is 0 Å². The smallest absolute Gasteiger partial charge is 0.258 e. The lowest BCUT2D eigenvalue weighted by molar-refractivity contribution is 0.523. The Kier molecular flexibility index (Phi) is 4.74. The standard InChI is InChI=1S/C14H20N4O2S/c1-4-13(12-7-6-8-15-10-12)17-21(19,20)14-9-11(3)16-18(14)5-2/h6-10,13,17H,4-5H2,1-3H3/t13-/m0/s1. The quantitative estimate of drug-likeness (QED) is 0.886. The second kappa shape index (κ2) is 6.36. The van der Waals surface area contributed by atoms with Gasteiger partial charge in [-0.15, -0.1) is 0 Å². The fourth-order valence-electron chi connectivity index (χ4n) is 2.18. The van der Waals surface area contributed by atoms with Crippen LogP contribution in [-0.4, -0.2) is 23.2 Å². The molecule has 0 saturated carbocycles. The highest BCUT2D eigenvalue weighted by atomic mass is 32.2. The molecule has 0 fully saturated rings. The van der Waals surface area contributed by atoms with Crippen molar-refractivity contribution in [2.45, 2.75) is 44.8 Å². The van der Waals surface area contributed by atoms with E-state index in [4.69, 9.17) is 0 Å². The minimum atomic E-state index is -3.62. The Hall–Kier alpha value is -1.73. The van der Waals surface area contributed by atoms with Crippen LogP contribution in [0.2, 0.25) is 0 Å². The maximum atomic E-state index is 12.6. The summed E-state index contributed by atoms with van der Waals surface area (Å²) in [5.41, 5.74) is 1.54. The molecule has 2 rings (SSSR count). The molecule has 21 heavy (non-hydrogen) atoms. The predicted octanol–water partition coefficient (Wildman–Crippen LogP) is 2.04. The van der Waals surface area contributed by atoms with Gasteiger partial charge in [-0.3, -0.25) is 9.67 Å². The van der Waals surface area contributed by atoms with E-state index in [1.165, 1.54) is 4.68 Å². The molecule has 2 aromatic heterocycles. The molecule has 0 amide bonds. The Morgan fingerprint density at radius 1 is 1.38 bits per heavy atom. The van der Waals surface area contributed by atoms with Crippen molar-refractivity contribution in [2.24, 2.45) is 0 Å². The Balaban J connectivity index is 2.31. The van der Waals surface area contributed by atoms with Gasteiger partial charge in [0.05, 0.1) is 5.69 Å². The predicted molar refractivity (Wildman–Crippen MR) is 80.2 cm³/mol. The zero-order chi connectivity index (χ0) is 15.5. The lowest BCUT2D eigenvalue weighted by atomic mass is 10.1. The van der Waals surface area contributed by atoms with E-state index in [1.54, 1.807) is 31.5 Å². The van der Waals surface area contributed by atoms with Crippen molar-refractivity contribution in [3.63, 3.8) is 0 Å². The molecular formula is C14H20N4O2S. The van der Waals surface area contributed by atoms with Crippen molar-refractivity contribution < 1.29 is 8.42 Å². The number of nitrogens with zero attached hydrogens (tertiary/aromatic N) is 3. The number of rotatable bonds is 6. The zero-order valence-corrected chi connectivity index (χ0v) is 13.3. The summed E-state index contributed by atoms with van der Waals surface area (Å²) >= 11 is 0. The maximum Gasteiger partial charge on any atom is 0.258 e. The van der Waals surface area contributed by atoms with Crippen LogP contribution in [-0.2, 0) is 16.6 Å². The van der Waals surface area contributed by atoms with Crippen molar-refractivity contribution in [1.29, 1.82) is 0 Å². The topological polar surface area (TPSA) is 76.9 Å². The molecule has 0 aromatic carbocycles. The molecule has 2 aromatic rings. The second-order valence-corrected chi connectivity index (χ2v) is 6.47. The monoisotopic (exact) mass is 308 g/mol. The third-order valence-corrected chi connectivity index (χ3v) is 4.71. The van der Waals surface area contributed by atoms with E-state index in [1.807, 2.05) is 19.9 Å². The highest BCUT2D eigenvalue weighted by Gasteiger charge is 2.24. The van der Waals surface area contributed by atoms with E-state index in [-0.39, 0.29) is 11.1 Å². The molecule has 0 spiro atoms. The van der Waals surface area contributed by atoms with E-state index in [0.717, 1.165) is 5.56 Å². The molecule has 2 heterocycles. The van der Waals surface area contributed by atoms with Crippen molar-refractivity contribution in [3.05, 3.63) is 41.9 Å². The van der Waals surface area contributed by atoms with Gasteiger partial charge >= 0.3 is 0 Å². The van der Waals surface area contributed by atoms with Crippen LogP contribution < -0.4 is 4.72 Å². The largest absolute Gasteiger partial charge is 0.264 e. The Bertz CT molecular complexity index is 695. The van der Waals surface area contributed by atoms with Crippen molar-refractivity contribution in [3.8, 4) is 0 Å². The Morgan fingerprint density at radius 2 is 2.14 bits per heavy atom. The van der Waals surface area contributed by atoms with Gasteiger partial charge in [-0.2, -0.15) is 5.10 Å². The summed E-state index contributed by atoms with van der Waals surface area (Å²) < 4.78 is 29.4. The third kappa shape index (κ3) is 3.48. The number of aryl methyl sites for hydroxylation is 2. The fraction of sp³-hybridized carbons (Fsp3) is 0.429. The van der Waals surface area contributed by atoms with Gasteiger partial charge in [-0.25, -0.2) is 13.1 Å². The van der Waals surface area contributed by atoms with E-state index in [2.05, 4.69) is 14.8 Å². The summed E-state index contributed by atoms with van der Waals surface area (Å²) in [6, 6.07) is 4.95. The molecule has 0 radical (unpaired) electrons. The highest BCUT2D eigenvalue weighted by molar-refractivity contribution is 7.89. The first-order valence-corrected chi connectivity index (χ1v) is 8.43. The second-order valence-electron chi connectivity index (χ2n) is 4.81. The van der Waals surface area contributed by atoms with Crippen LogP contribution in [0.25, 0.3) is 0 Å². The molecule has 0 saturated heterocycles. The van der Waals surface area contributed by atoms with Gasteiger partial charge in [0.25, 0.3) is 10.0 Å². The van der Waals surface area contributed by atoms with Gasteiger partial charge in [0.1, 0.15) is 0 Å². The molecule has 0 unspecified atom stereocenters. The molecule has 114 valence electrons. The SMILES string of the molecule is CC[C@H](NS(=O)(=O)c1cc(C)nn1CC)c1cccnc1. The maximum absolute atomic E-state index is 12.6. The number of sulfonamides is 1. The molecule has 1 N–H and O–H groups in total. The molecule has 0 aliphatic carbocycles. The van der Waals surface area contributed by atoms with Gasteiger partial charge in [0.2, 0.25) is 0 Å². The lowest BCUT2D eigenvalue weighted by Crippen LogP contribution is -2.30. The molecule has 0 aliphatic heterocycles. The minimum absolute atomic E-state index is 0.199. The van der Waals surface area contributed by atoms with E-state index < -0.39 is 10.0 Å². The average molecular weight is 308 g/mol. The first kappa shape index (κ1) is 15.7. The van der Waals surface area contributed by atoms with Gasteiger partial charge in [-0.05, 0) is 38.0 Å². The van der Waals surface area contributed by atoms with Crippen molar-refractivity contribution in [1.82, 2.24) is 19.5 Å². The summed E-state index contributed by atoms with van der Waals surface area (Å²) in [5, 5.41) is 4.39. The summed E-state index contributed by atoms with van der Waals surface area (Å²) in [4.78, 5) is 4.04. The molecular weight excluding hydrogens is 288 g/mol. The van der Waals surface area contributed by atoms with Crippen LogP contribution in [0, 0.1) is 6.92 Å². The fourth-order valence-corrected chi connectivity index (χ4v) is 3.75. The molecule has 1 atom stereocenters. The number of hydrogen-bond donors (Lipinski definition) is 1. The third-order valence-electron chi connectivity index (χ3n) is 3.23. The Morgan fingerprint density at radius 3 is 2.71 bits per heavy atom. The van der Waals surface area contributed by atoms with Gasteiger partial charge < -0.3 is 0 Å². The molecule has 0 aliphatic rings. The summed E-state index contributed by atoms with van der Waals surface area (Å²) in [6.07, 6.45) is 3.99. The van der Waals surface area contributed by atoms with Gasteiger partial charge in [0.15, 0.2) is 5.03 Å². The molecule has 6 nitrogen and oxygen atoms in total. The highest BCUT2D eigenvalue weighted by Crippen LogP contribution is 2.20. The zero-order valence-electron chi connectivity index (χ0n) is 12.4. The minimum Gasteiger partial charge on any atom is -0.264 e. The lowest BCUT2D eigenvalue weighted by Gasteiger charge is -2.17. The first-order valence-electron chi connectivity index (χ1n) is 6.94. The van der Waals surface area contributed by atoms with Crippen LogP contribution in [0.1, 0.15) is 37.6 Å². The average Bonchev–Trinajstić information content (AvgIpc) is 2.88. The van der Waals surface area contributed by atoms with Crippen molar-refractivity contribution >= 4 is 10.0 Å². The normalized spacial score (nSPS) is 13.3. The van der Waals surface area contributed by atoms with Gasteiger partial charge in [-0.1, -0.05) is 13.0 Å². The van der Waals surface area contributed by atoms with Crippen LogP contribution in [0.4, 0.5) is 0 Å².